The van der Waals surface area contributed by atoms with Crippen LogP contribution in [0, 0.1) is 50.2 Å². The lowest BCUT2D eigenvalue weighted by atomic mass is 9.33. The molecule has 0 heterocycles. The average molecular weight is 472 g/mol. The van der Waals surface area contributed by atoms with Crippen molar-refractivity contribution >= 4 is 5.97 Å². The van der Waals surface area contributed by atoms with Crippen molar-refractivity contribution in [1.82, 2.24) is 0 Å². The van der Waals surface area contributed by atoms with Crippen LogP contribution in [0.3, 0.4) is 0 Å². The predicted octanol–water partition coefficient (Wildman–Crippen LogP) is 4.87. The summed E-state index contributed by atoms with van der Waals surface area (Å²) in [4.78, 5) is 12.7. The number of allylic oxidation sites excluding steroid dienone is 2. The van der Waals surface area contributed by atoms with Gasteiger partial charge in [-0.15, -0.1) is 0 Å². The number of rotatable bonds is 1. The number of hydrogen-bond acceptors (Lipinski definition) is 4. The van der Waals surface area contributed by atoms with E-state index in [9.17, 15) is 20.1 Å². The SMILES string of the molecule is CC1(C)CCC2(C(=O)[O-])CCC3(C)C(=CCC4C5(C)CC(O)C(O)C(C)(C)C5CCC43C)C2C1. The van der Waals surface area contributed by atoms with E-state index in [-0.39, 0.29) is 33.0 Å². The Hall–Kier alpha value is -0.870. The highest BCUT2D eigenvalue weighted by Crippen LogP contribution is 2.75. The van der Waals surface area contributed by atoms with Crippen LogP contribution in [0.4, 0.5) is 0 Å². The number of aliphatic hydroxyl groups excluding tert-OH is 2. The Labute approximate surface area is 206 Å². The maximum Gasteiger partial charge on any atom is 0.0852 e. The molecule has 0 radical (unpaired) electrons. The first-order chi connectivity index (χ1) is 15.6. The lowest BCUT2D eigenvalue weighted by Crippen LogP contribution is -2.67. The summed E-state index contributed by atoms with van der Waals surface area (Å²) in [6, 6.07) is 0. The van der Waals surface area contributed by atoms with E-state index in [0.29, 0.717) is 18.3 Å². The van der Waals surface area contributed by atoms with Crippen molar-refractivity contribution in [2.24, 2.45) is 50.2 Å². The Morgan fingerprint density at radius 3 is 2.21 bits per heavy atom. The van der Waals surface area contributed by atoms with Gasteiger partial charge in [-0.3, -0.25) is 0 Å². The van der Waals surface area contributed by atoms with Gasteiger partial charge in [-0.1, -0.05) is 60.1 Å². The summed E-state index contributed by atoms with van der Waals surface area (Å²) in [7, 11) is 0. The normalized spacial score (nSPS) is 53.4. The highest BCUT2D eigenvalue weighted by atomic mass is 16.4. The van der Waals surface area contributed by atoms with Crippen LogP contribution in [0.2, 0.25) is 0 Å². The van der Waals surface area contributed by atoms with Gasteiger partial charge in [-0.05, 0) is 103 Å². The summed E-state index contributed by atoms with van der Waals surface area (Å²) >= 11 is 0. The molecule has 0 saturated heterocycles. The van der Waals surface area contributed by atoms with Crippen molar-refractivity contribution in [3.05, 3.63) is 11.6 Å². The minimum Gasteiger partial charge on any atom is -0.550 e. The topological polar surface area (TPSA) is 80.6 Å². The van der Waals surface area contributed by atoms with Gasteiger partial charge in [0.15, 0.2) is 0 Å². The lowest BCUT2D eigenvalue weighted by molar-refractivity contribution is -0.327. The second-order valence-electron chi connectivity index (χ2n) is 15.2. The molecule has 5 aliphatic carbocycles. The van der Waals surface area contributed by atoms with E-state index in [1.165, 1.54) is 5.57 Å². The van der Waals surface area contributed by atoms with Crippen molar-refractivity contribution in [2.75, 3.05) is 0 Å². The van der Waals surface area contributed by atoms with Crippen molar-refractivity contribution < 1.29 is 20.1 Å². The van der Waals surface area contributed by atoms with Crippen molar-refractivity contribution in [3.63, 3.8) is 0 Å². The van der Waals surface area contributed by atoms with E-state index >= 15 is 0 Å². The summed E-state index contributed by atoms with van der Waals surface area (Å²) in [5, 5.41) is 34.5. The first-order valence-corrected chi connectivity index (χ1v) is 13.8. The summed E-state index contributed by atoms with van der Waals surface area (Å²) in [6.07, 6.45) is 9.11. The second-order valence-corrected chi connectivity index (χ2v) is 15.2. The maximum absolute atomic E-state index is 12.7. The summed E-state index contributed by atoms with van der Waals surface area (Å²) in [5.41, 5.74) is 0.507. The van der Waals surface area contributed by atoms with Crippen LogP contribution < -0.4 is 5.11 Å². The van der Waals surface area contributed by atoms with Crippen molar-refractivity contribution in [1.29, 1.82) is 0 Å². The van der Waals surface area contributed by atoms with Crippen LogP contribution in [0.5, 0.6) is 0 Å². The predicted molar refractivity (Wildman–Crippen MR) is 131 cm³/mol. The van der Waals surface area contributed by atoms with Crippen LogP contribution in [0.1, 0.15) is 106 Å². The highest BCUT2D eigenvalue weighted by molar-refractivity contribution is 5.74. The van der Waals surface area contributed by atoms with Crippen LogP contribution in [-0.4, -0.2) is 28.4 Å². The molecule has 4 heteroatoms. The molecule has 5 aliphatic rings. The summed E-state index contributed by atoms with van der Waals surface area (Å²) in [6.45, 7) is 16.2. The number of aliphatic carboxylic acids is 1. The minimum atomic E-state index is -0.829. The van der Waals surface area contributed by atoms with E-state index in [0.717, 1.165) is 51.4 Å². The maximum atomic E-state index is 12.7. The number of carboxylic acids is 1. The fraction of sp³-hybridized carbons (Fsp3) is 0.900. The Kier molecular flexibility index (Phi) is 5.20. The quantitative estimate of drug-likeness (QED) is 0.535. The second kappa shape index (κ2) is 7.12. The van der Waals surface area contributed by atoms with Gasteiger partial charge in [0.25, 0.3) is 0 Å². The third-order valence-electron chi connectivity index (χ3n) is 13.0. The van der Waals surface area contributed by atoms with E-state index in [1.807, 2.05) is 0 Å². The molecule has 0 bridgehead atoms. The molecule has 4 saturated carbocycles. The van der Waals surface area contributed by atoms with Gasteiger partial charge < -0.3 is 20.1 Å². The average Bonchev–Trinajstić information content (AvgIpc) is 2.72. The number of carbonyl (C=O) groups is 1. The Morgan fingerprint density at radius 2 is 1.56 bits per heavy atom. The van der Waals surface area contributed by atoms with Crippen LogP contribution in [-0.2, 0) is 4.79 Å². The van der Waals surface area contributed by atoms with Crippen LogP contribution >= 0.6 is 0 Å². The molecule has 4 nitrogen and oxygen atoms in total. The third-order valence-corrected chi connectivity index (χ3v) is 13.0. The smallest absolute Gasteiger partial charge is 0.0852 e. The van der Waals surface area contributed by atoms with Crippen molar-refractivity contribution in [2.45, 2.75) is 118 Å². The summed E-state index contributed by atoms with van der Waals surface area (Å²) in [5.74, 6) is 0.0269. The zero-order valence-electron chi connectivity index (χ0n) is 22.5. The van der Waals surface area contributed by atoms with E-state index < -0.39 is 23.6 Å². The molecule has 0 aromatic carbocycles. The Morgan fingerprint density at radius 1 is 0.912 bits per heavy atom. The Balaban J connectivity index is 1.61. The first kappa shape index (κ1) is 24.8. The fourth-order valence-electron chi connectivity index (χ4n) is 10.7. The van der Waals surface area contributed by atoms with Gasteiger partial charge in [-0.25, -0.2) is 0 Å². The Bertz CT molecular complexity index is 919. The molecule has 9 atom stereocenters. The molecule has 0 amide bonds. The number of carboxylic acid groups (broad SMARTS) is 1. The van der Waals surface area contributed by atoms with Gasteiger partial charge in [0.2, 0.25) is 0 Å². The van der Waals surface area contributed by atoms with Crippen LogP contribution in [0.25, 0.3) is 0 Å². The molecule has 9 unspecified atom stereocenters. The van der Waals surface area contributed by atoms with Gasteiger partial charge in [0.1, 0.15) is 0 Å². The molecule has 0 spiro atoms. The van der Waals surface area contributed by atoms with Gasteiger partial charge in [-0.2, -0.15) is 0 Å². The molecule has 0 aromatic rings. The van der Waals surface area contributed by atoms with E-state index in [2.05, 4.69) is 54.5 Å². The lowest BCUT2D eigenvalue weighted by Gasteiger charge is -2.71. The number of aliphatic hydroxyl groups is 2. The third kappa shape index (κ3) is 2.88. The zero-order valence-corrected chi connectivity index (χ0v) is 22.5. The highest BCUT2D eigenvalue weighted by Gasteiger charge is 2.69. The molecule has 4 fully saturated rings. The summed E-state index contributed by atoms with van der Waals surface area (Å²) < 4.78 is 0. The molecule has 34 heavy (non-hydrogen) atoms. The number of carbonyl (C=O) groups excluding carboxylic acids is 1. The molecule has 0 aliphatic heterocycles. The largest absolute Gasteiger partial charge is 0.550 e. The molecular weight excluding hydrogens is 424 g/mol. The standard InChI is InChI=1S/C30H48O4/c1-25(2)12-14-30(24(33)34)15-13-28(6)18(19(30)16-25)8-9-22-27(5)17-20(31)23(32)26(3,4)21(27)10-11-29(22,28)7/h8,19-23,31-32H,9-17H2,1-7H3,(H,33,34)/p-1. The zero-order chi connectivity index (χ0) is 25.1. The van der Waals surface area contributed by atoms with Gasteiger partial charge >= 0.3 is 0 Å². The monoisotopic (exact) mass is 471 g/mol. The number of hydrogen-bond donors (Lipinski definition) is 2. The van der Waals surface area contributed by atoms with E-state index in [4.69, 9.17) is 0 Å². The van der Waals surface area contributed by atoms with Crippen LogP contribution in [0.15, 0.2) is 11.6 Å². The molecular formula is C30H47O4-. The molecule has 5 rings (SSSR count). The van der Waals surface area contributed by atoms with E-state index in [1.54, 1.807) is 0 Å². The number of fused-ring (bicyclic) bond motifs is 7. The van der Waals surface area contributed by atoms with Crippen molar-refractivity contribution in [3.8, 4) is 0 Å². The molecule has 192 valence electrons. The van der Waals surface area contributed by atoms with Gasteiger partial charge in [0, 0.05) is 11.4 Å². The molecule has 2 N–H and O–H groups in total. The van der Waals surface area contributed by atoms with Gasteiger partial charge in [0.05, 0.1) is 12.2 Å². The minimum absolute atomic E-state index is 0.0356. The fourth-order valence-corrected chi connectivity index (χ4v) is 10.7. The first-order valence-electron chi connectivity index (χ1n) is 13.8. The molecule has 0 aromatic heterocycles.